The first-order valence-electron chi connectivity index (χ1n) is 7.22. The van der Waals surface area contributed by atoms with E-state index in [4.69, 9.17) is 0 Å². The molecule has 0 aliphatic rings. The van der Waals surface area contributed by atoms with Crippen LogP contribution >= 0.6 is 11.8 Å². The molecule has 0 saturated heterocycles. The molecule has 0 radical (unpaired) electrons. The SMILES string of the molecule is O=[N+]([O-])c1c(Sc2ncc(-c3ccc(F)cc3)[nH]2)nc2ccccn12. The highest BCUT2D eigenvalue weighted by atomic mass is 32.2. The van der Waals surface area contributed by atoms with Crippen molar-refractivity contribution in [1.29, 1.82) is 0 Å². The molecule has 0 amide bonds. The molecule has 0 aliphatic carbocycles. The molecule has 0 spiro atoms. The zero-order chi connectivity index (χ0) is 17.4. The Kier molecular flexibility index (Phi) is 3.69. The van der Waals surface area contributed by atoms with Gasteiger partial charge < -0.3 is 15.1 Å². The molecular weight excluding hydrogens is 345 g/mol. The molecule has 0 unspecified atom stereocenters. The largest absolute Gasteiger partial charge is 0.362 e. The number of hydrogen-bond acceptors (Lipinski definition) is 5. The fraction of sp³-hybridized carbons (Fsp3) is 0. The summed E-state index contributed by atoms with van der Waals surface area (Å²) < 4.78 is 14.4. The van der Waals surface area contributed by atoms with E-state index >= 15 is 0 Å². The Morgan fingerprint density at radius 1 is 1.20 bits per heavy atom. The molecule has 0 saturated carbocycles. The molecule has 0 atom stereocenters. The standard InChI is InChI=1S/C16H10FN5O2S/c17-11-6-4-10(5-7-11)12-9-18-16(19-12)25-14-15(22(23)24)21-8-2-1-3-13(21)20-14/h1-9H,(H,18,19). The Bertz CT molecular complexity index is 1070. The van der Waals surface area contributed by atoms with E-state index in [-0.39, 0.29) is 16.7 Å². The Balaban J connectivity index is 1.69. The highest BCUT2D eigenvalue weighted by molar-refractivity contribution is 7.99. The Morgan fingerprint density at radius 3 is 2.76 bits per heavy atom. The van der Waals surface area contributed by atoms with Gasteiger partial charge in [-0.05, 0) is 52.6 Å². The van der Waals surface area contributed by atoms with Gasteiger partial charge in [0.25, 0.3) is 0 Å². The highest BCUT2D eigenvalue weighted by Gasteiger charge is 2.24. The number of rotatable bonds is 4. The molecule has 0 bridgehead atoms. The first-order chi connectivity index (χ1) is 12.1. The molecule has 1 aromatic carbocycles. The van der Waals surface area contributed by atoms with Crippen molar-refractivity contribution in [2.75, 3.05) is 0 Å². The smallest absolute Gasteiger partial charge is 0.358 e. The maximum atomic E-state index is 13.0. The van der Waals surface area contributed by atoms with E-state index in [1.165, 1.54) is 16.5 Å². The maximum absolute atomic E-state index is 13.0. The van der Waals surface area contributed by atoms with E-state index in [1.807, 2.05) is 0 Å². The maximum Gasteiger partial charge on any atom is 0.362 e. The molecule has 124 valence electrons. The number of hydrogen-bond donors (Lipinski definition) is 1. The first kappa shape index (κ1) is 15.3. The van der Waals surface area contributed by atoms with Gasteiger partial charge in [-0.2, -0.15) is 9.38 Å². The van der Waals surface area contributed by atoms with Gasteiger partial charge in [-0.25, -0.2) is 9.37 Å². The van der Waals surface area contributed by atoms with Crippen LogP contribution in [0.1, 0.15) is 0 Å². The van der Waals surface area contributed by atoms with Crippen LogP contribution in [0.5, 0.6) is 0 Å². The lowest BCUT2D eigenvalue weighted by atomic mass is 10.2. The predicted octanol–water partition coefficient (Wildman–Crippen LogP) is 3.92. The summed E-state index contributed by atoms with van der Waals surface area (Å²) in [7, 11) is 0. The van der Waals surface area contributed by atoms with Crippen molar-refractivity contribution < 1.29 is 9.31 Å². The van der Waals surface area contributed by atoms with Gasteiger partial charge in [-0.15, -0.1) is 0 Å². The van der Waals surface area contributed by atoms with Crippen LogP contribution in [0.3, 0.4) is 0 Å². The second-order valence-electron chi connectivity index (χ2n) is 5.14. The third-order valence-corrected chi connectivity index (χ3v) is 4.42. The van der Waals surface area contributed by atoms with Crippen molar-refractivity contribution in [1.82, 2.24) is 19.4 Å². The highest BCUT2D eigenvalue weighted by Crippen LogP contribution is 2.34. The van der Waals surface area contributed by atoms with Gasteiger partial charge in [0.2, 0.25) is 10.7 Å². The van der Waals surface area contributed by atoms with Crippen molar-refractivity contribution in [3.05, 3.63) is 70.8 Å². The molecule has 0 aliphatic heterocycles. The van der Waals surface area contributed by atoms with Gasteiger partial charge in [-0.1, -0.05) is 6.07 Å². The van der Waals surface area contributed by atoms with Crippen molar-refractivity contribution in [2.24, 2.45) is 0 Å². The number of aromatic nitrogens is 4. The average Bonchev–Trinajstić information content (AvgIpc) is 3.20. The monoisotopic (exact) mass is 355 g/mol. The van der Waals surface area contributed by atoms with Crippen LogP contribution in [0, 0.1) is 15.9 Å². The number of nitrogens with zero attached hydrogens (tertiary/aromatic N) is 4. The minimum absolute atomic E-state index is 0.111. The van der Waals surface area contributed by atoms with Gasteiger partial charge >= 0.3 is 5.82 Å². The second-order valence-corrected chi connectivity index (χ2v) is 6.12. The molecule has 9 heteroatoms. The lowest BCUT2D eigenvalue weighted by molar-refractivity contribution is -0.393. The summed E-state index contributed by atoms with van der Waals surface area (Å²) in [6.45, 7) is 0. The van der Waals surface area contributed by atoms with Crippen LogP contribution in [-0.2, 0) is 0 Å². The fourth-order valence-corrected chi connectivity index (χ4v) is 3.27. The van der Waals surface area contributed by atoms with Gasteiger partial charge in [0, 0.05) is 6.07 Å². The third kappa shape index (κ3) is 2.85. The van der Waals surface area contributed by atoms with Gasteiger partial charge in [0.15, 0.2) is 5.16 Å². The predicted molar refractivity (Wildman–Crippen MR) is 90.0 cm³/mol. The van der Waals surface area contributed by atoms with Crippen LogP contribution in [0.4, 0.5) is 10.2 Å². The van der Waals surface area contributed by atoms with Crippen molar-refractivity contribution in [3.8, 4) is 11.3 Å². The number of imidazole rings is 2. The summed E-state index contributed by atoms with van der Waals surface area (Å²) in [6, 6.07) is 11.1. The molecule has 3 aromatic heterocycles. The summed E-state index contributed by atoms with van der Waals surface area (Å²) >= 11 is 1.07. The van der Waals surface area contributed by atoms with Gasteiger partial charge in [0.05, 0.1) is 18.1 Å². The molecule has 0 fully saturated rings. The summed E-state index contributed by atoms with van der Waals surface area (Å²) in [4.78, 5) is 22.5. The Hall–Kier alpha value is -3.20. The minimum Gasteiger partial charge on any atom is -0.358 e. The number of H-pyrrole nitrogens is 1. The topological polar surface area (TPSA) is 89.1 Å². The summed E-state index contributed by atoms with van der Waals surface area (Å²) in [5.74, 6) is -0.432. The molecule has 1 N–H and O–H groups in total. The van der Waals surface area contributed by atoms with E-state index < -0.39 is 4.92 Å². The van der Waals surface area contributed by atoms with Gasteiger partial charge in [-0.3, -0.25) is 0 Å². The lowest BCUT2D eigenvalue weighted by Crippen LogP contribution is -1.94. The van der Waals surface area contributed by atoms with Crippen molar-refractivity contribution in [3.63, 3.8) is 0 Å². The first-order valence-corrected chi connectivity index (χ1v) is 8.04. The van der Waals surface area contributed by atoms with Gasteiger partial charge in [0.1, 0.15) is 5.82 Å². The number of aromatic amines is 1. The minimum atomic E-state index is -0.466. The van der Waals surface area contributed by atoms with Crippen LogP contribution in [0.2, 0.25) is 0 Å². The quantitative estimate of drug-likeness (QED) is 0.443. The molecule has 4 rings (SSSR count). The van der Waals surface area contributed by atoms with E-state index in [2.05, 4.69) is 15.0 Å². The number of halogens is 1. The van der Waals surface area contributed by atoms with E-state index in [0.29, 0.717) is 16.5 Å². The molecule has 3 heterocycles. The van der Waals surface area contributed by atoms with E-state index in [1.54, 1.807) is 42.7 Å². The molecule has 7 nitrogen and oxygen atoms in total. The average molecular weight is 355 g/mol. The van der Waals surface area contributed by atoms with Crippen LogP contribution in [0.15, 0.2) is 65.0 Å². The van der Waals surface area contributed by atoms with Crippen LogP contribution < -0.4 is 0 Å². The zero-order valence-corrected chi connectivity index (χ0v) is 13.4. The fourth-order valence-electron chi connectivity index (χ4n) is 2.42. The van der Waals surface area contributed by atoms with E-state index in [9.17, 15) is 14.5 Å². The van der Waals surface area contributed by atoms with E-state index in [0.717, 1.165) is 17.3 Å². The summed E-state index contributed by atoms with van der Waals surface area (Å²) in [6.07, 6.45) is 3.19. The lowest BCUT2D eigenvalue weighted by Gasteiger charge is -1.97. The summed E-state index contributed by atoms with van der Waals surface area (Å²) in [5, 5.41) is 12.1. The number of pyridine rings is 1. The van der Waals surface area contributed by atoms with Crippen LogP contribution in [0.25, 0.3) is 16.9 Å². The Morgan fingerprint density at radius 2 is 2.00 bits per heavy atom. The number of nitrogens with one attached hydrogen (secondary N) is 1. The Labute approximate surface area is 144 Å². The molecule has 4 aromatic rings. The molecule has 25 heavy (non-hydrogen) atoms. The second kappa shape index (κ2) is 6.02. The van der Waals surface area contributed by atoms with Crippen molar-refractivity contribution in [2.45, 2.75) is 10.2 Å². The number of benzene rings is 1. The third-order valence-electron chi connectivity index (χ3n) is 3.55. The van der Waals surface area contributed by atoms with Crippen LogP contribution in [-0.4, -0.2) is 24.3 Å². The zero-order valence-electron chi connectivity index (χ0n) is 12.6. The number of fused-ring (bicyclic) bond motifs is 1. The normalized spacial score (nSPS) is 11.1. The summed E-state index contributed by atoms with van der Waals surface area (Å²) in [5.41, 5.74) is 1.95. The van der Waals surface area contributed by atoms with Crippen molar-refractivity contribution >= 4 is 23.2 Å². The molecular formula is C16H10FN5O2S. The number of nitro groups is 1.